The Bertz CT molecular complexity index is 138. The van der Waals surface area contributed by atoms with E-state index in [2.05, 4.69) is 18.7 Å². The highest BCUT2D eigenvalue weighted by Crippen LogP contribution is 2.32. The number of hydrogen-bond acceptors (Lipinski definition) is 2. The molecule has 1 rings (SSSR count). The van der Waals surface area contributed by atoms with Crippen LogP contribution >= 0.6 is 11.8 Å². The van der Waals surface area contributed by atoms with E-state index in [0.717, 1.165) is 17.7 Å². The Morgan fingerprint density at radius 2 is 2.00 bits per heavy atom. The lowest BCUT2D eigenvalue weighted by molar-refractivity contribution is 0.483. The van der Waals surface area contributed by atoms with Crippen molar-refractivity contribution in [1.82, 2.24) is 0 Å². The smallest absolute Gasteiger partial charge is 0.00873 e. The molecule has 2 atom stereocenters. The maximum Gasteiger partial charge on any atom is 0.00873 e. The van der Waals surface area contributed by atoms with E-state index in [1.165, 1.54) is 50.7 Å². The first-order valence-corrected chi connectivity index (χ1v) is 7.25. The molecule has 1 saturated carbocycles. The molecule has 0 aliphatic heterocycles. The summed E-state index contributed by atoms with van der Waals surface area (Å²) in [4.78, 5) is 0. The molecule has 2 N–H and O–H groups in total. The summed E-state index contributed by atoms with van der Waals surface area (Å²) in [5.74, 6) is 2.15. The van der Waals surface area contributed by atoms with Crippen LogP contribution in [0.1, 0.15) is 51.9 Å². The van der Waals surface area contributed by atoms with Gasteiger partial charge in [-0.15, -0.1) is 0 Å². The molecule has 0 spiro atoms. The molecule has 84 valence electrons. The van der Waals surface area contributed by atoms with Gasteiger partial charge in [0, 0.05) is 5.25 Å². The average Bonchev–Trinajstić information content (AvgIpc) is 2.43. The summed E-state index contributed by atoms with van der Waals surface area (Å²) < 4.78 is 0. The highest BCUT2D eigenvalue weighted by Gasteiger charge is 2.22. The second kappa shape index (κ2) is 7.58. The van der Waals surface area contributed by atoms with Crippen LogP contribution in [0.15, 0.2) is 0 Å². The van der Waals surface area contributed by atoms with Gasteiger partial charge in [0.2, 0.25) is 0 Å². The number of hydrogen-bond donors (Lipinski definition) is 1. The van der Waals surface area contributed by atoms with Gasteiger partial charge in [0.15, 0.2) is 0 Å². The summed E-state index contributed by atoms with van der Waals surface area (Å²) >= 11 is 2.19. The highest BCUT2D eigenvalue weighted by atomic mass is 32.2. The first kappa shape index (κ1) is 12.4. The van der Waals surface area contributed by atoms with Crippen LogP contribution in [0.2, 0.25) is 0 Å². The Kier molecular flexibility index (Phi) is 6.70. The molecule has 0 radical (unpaired) electrons. The van der Waals surface area contributed by atoms with Crippen molar-refractivity contribution in [2.45, 2.75) is 57.1 Å². The molecule has 0 bridgehead atoms. The maximum atomic E-state index is 5.85. The molecule has 1 aliphatic carbocycles. The van der Waals surface area contributed by atoms with Gasteiger partial charge in [0.25, 0.3) is 0 Å². The predicted molar refractivity (Wildman–Crippen MR) is 66.8 cm³/mol. The third-order valence-electron chi connectivity index (χ3n) is 3.22. The minimum absolute atomic E-state index is 0.805. The Balaban J connectivity index is 2.28. The van der Waals surface area contributed by atoms with Crippen LogP contribution in [-0.2, 0) is 0 Å². The van der Waals surface area contributed by atoms with E-state index in [1.807, 2.05) is 0 Å². The molecular formula is C12H25NS. The minimum atomic E-state index is 0.805. The molecule has 0 heterocycles. The molecule has 0 aromatic carbocycles. The van der Waals surface area contributed by atoms with Crippen molar-refractivity contribution in [3.63, 3.8) is 0 Å². The Morgan fingerprint density at radius 3 is 2.71 bits per heavy atom. The summed E-state index contributed by atoms with van der Waals surface area (Å²) in [5, 5.41) is 0.869. The quantitative estimate of drug-likeness (QED) is 0.562. The molecule has 2 unspecified atom stereocenters. The largest absolute Gasteiger partial charge is 0.330 e. The zero-order valence-corrected chi connectivity index (χ0v) is 10.3. The lowest BCUT2D eigenvalue weighted by Crippen LogP contribution is -2.24. The summed E-state index contributed by atoms with van der Waals surface area (Å²) in [5.41, 5.74) is 5.85. The van der Waals surface area contributed by atoms with Gasteiger partial charge in [0.05, 0.1) is 0 Å². The van der Waals surface area contributed by atoms with E-state index >= 15 is 0 Å². The fourth-order valence-electron chi connectivity index (χ4n) is 2.22. The van der Waals surface area contributed by atoms with E-state index in [1.54, 1.807) is 0 Å². The van der Waals surface area contributed by atoms with Crippen molar-refractivity contribution in [3.05, 3.63) is 0 Å². The molecular weight excluding hydrogens is 190 g/mol. The lowest BCUT2D eigenvalue weighted by atomic mass is 10.0. The van der Waals surface area contributed by atoms with Crippen molar-refractivity contribution >= 4 is 11.8 Å². The topological polar surface area (TPSA) is 26.0 Å². The van der Waals surface area contributed by atoms with Crippen LogP contribution in [0, 0.1) is 5.92 Å². The predicted octanol–water partition coefficient (Wildman–Crippen LogP) is 3.43. The summed E-state index contributed by atoms with van der Waals surface area (Å²) in [6.45, 7) is 3.18. The number of rotatable bonds is 5. The monoisotopic (exact) mass is 215 g/mol. The molecule has 0 aromatic heterocycles. The zero-order chi connectivity index (χ0) is 10.2. The van der Waals surface area contributed by atoms with E-state index in [9.17, 15) is 0 Å². The Hall–Kier alpha value is 0.310. The van der Waals surface area contributed by atoms with E-state index in [-0.39, 0.29) is 0 Å². The van der Waals surface area contributed by atoms with Gasteiger partial charge >= 0.3 is 0 Å². The molecule has 0 amide bonds. The van der Waals surface area contributed by atoms with Crippen LogP contribution < -0.4 is 5.73 Å². The van der Waals surface area contributed by atoms with Gasteiger partial charge in [-0.1, -0.05) is 32.6 Å². The number of thioether (sulfide) groups is 1. The molecule has 0 saturated heterocycles. The van der Waals surface area contributed by atoms with Gasteiger partial charge < -0.3 is 5.73 Å². The van der Waals surface area contributed by atoms with E-state index < -0.39 is 0 Å². The maximum absolute atomic E-state index is 5.85. The number of unbranched alkanes of at least 4 members (excludes halogenated alkanes) is 1. The Labute approximate surface area is 93.2 Å². The van der Waals surface area contributed by atoms with E-state index in [4.69, 9.17) is 5.73 Å². The summed E-state index contributed by atoms with van der Waals surface area (Å²) in [6.07, 6.45) is 9.76. The minimum Gasteiger partial charge on any atom is -0.330 e. The zero-order valence-electron chi connectivity index (χ0n) is 9.50. The van der Waals surface area contributed by atoms with Crippen LogP contribution in [0.4, 0.5) is 0 Å². The van der Waals surface area contributed by atoms with Crippen molar-refractivity contribution in [1.29, 1.82) is 0 Å². The first-order valence-electron chi connectivity index (χ1n) is 6.20. The summed E-state index contributed by atoms with van der Waals surface area (Å²) in [6, 6.07) is 0. The standard InChI is InChI=1S/C12H25NS/c1-2-3-9-14-12-8-6-4-5-7-11(12)10-13/h11-12H,2-10,13H2,1H3. The molecule has 1 nitrogen and oxygen atoms in total. The molecule has 2 heteroatoms. The van der Waals surface area contributed by atoms with Crippen LogP contribution in [0.25, 0.3) is 0 Å². The SMILES string of the molecule is CCCCSC1CCCCCC1CN. The van der Waals surface area contributed by atoms with Crippen molar-refractivity contribution < 1.29 is 0 Å². The average molecular weight is 215 g/mol. The van der Waals surface area contributed by atoms with Gasteiger partial charge in [-0.2, -0.15) is 11.8 Å². The molecule has 14 heavy (non-hydrogen) atoms. The third-order valence-corrected chi connectivity index (χ3v) is 4.80. The lowest BCUT2D eigenvalue weighted by Gasteiger charge is -2.23. The van der Waals surface area contributed by atoms with Gasteiger partial charge in [-0.25, -0.2) is 0 Å². The van der Waals surface area contributed by atoms with E-state index in [0.29, 0.717) is 0 Å². The fourth-order valence-corrected chi connectivity index (χ4v) is 3.83. The van der Waals surface area contributed by atoms with Crippen molar-refractivity contribution in [2.24, 2.45) is 11.7 Å². The fraction of sp³-hybridized carbons (Fsp3) is 1.00. The van der Waals surface area contributed by atoms with Crippen molar-refractivity contribution in [2.75, 3.05) is 12.3 Å². The van der Waals surface area contributed by atoms with Gasteiger partial charge in [-0.05, 0) is 37.5 Å². The van der Waals surface area contributed by atoms with Gasteiger partial charge in [-0.3, -0.25) is 0 Å². The number of nitrogens with two attached hydrogens (primary N) is 1. The second-order valence-corrected chi connectivity index (χ2v) is 5.74. The van der Waals surface area contributed by atoms with Gasteiger partial charge in [0.1, 0.15) is 0 Å². The molecule has 0 aromatic rings. The third kappa shape index (κ3) is 4.22. The van der Waals surface area contributed by atoms with Crippen LogP contribution in [0.3, 0.4) is 0 Å². The van der Waals surface area contributed by atoms with Crippen molar-refractivity contribution in [3.8, 4) is 0 Å². The molecule has 1 fully saturated rings. The Morgan fingerprint density at radius 1 is 1.21 bits per heavy atom. The molecule has 1 aliphatic rings. The summed E-state index contributed by atoms with van der Waals surface area (Å²) in [7, 11) is 0. The first-order chi connectivity index (χ1) is 6.88. The highest BCUT2D eigenvalue weighted by molar-refractivity contribution is 7.99. The second-order valence-electron chi connectivity index (χ2n) is 4.40. The van der Waals surface area contributed by atoms with Crippen LogP contribution in [0.5, 0.6) is 0 Å². The van der Waals surface area contributed by atoms with Crippen LogP contribution in [-0.4, -0.2) is 17.5 Å². The normalized spacial score (nSPS) is 28.7.